The topological polar surface area (TPSA) is 73.6 Å². The number of carbonyl (C=O) groups excluding carboxylic acids is 1. The third kappa shape index (κ3) is 3.94. The first kappa shape index (κ1) is 18.0. The SMILES string of the molecule is Cc1cc(CCCB2OC(C)(C)C(C)(C)O2)ccc1C(=O)NN. The highest BCUT2D eigenvalue weighted by molar-refractivity contribution is 6.45. The van der Waals surface area contributed by atoms with Gasteiger partial charge in [-0.25, -0.2) is 5.84 Å². The molecule has 0 unspecified atom stereocenters. The summed E-state index contributed by atoms with van der Waals surface area (Å²) in [5.41, 5.74) is 4.37. The molecule has 126 valence electrons. The number of nitrogens with two attached hydrogens (primary N) is 1. The van der Waals surface area contributed by atoms with Gasteiger partial charge in [-0.1, -0.05) is 18.6 Å². The van der Waals surface area contributed by atoms with E-state index in [1.807, 2.05) is 25.1 Å². The van der Waals surface area contributed by atoms with Gasteiger partial charge in [0.05, 0.1) is 11.2 Å². The van der Waals surface area contributed by atoms with Gasteiger partial charge in [0.15, 0.2) is 0 Å². The number of carbonyl (C=O) groups is 1. The van der Waals surface area contributed by atoms with Crippen molar-refractivity contribution >= 4 is 13.0 Å². The second-order valence-electron chi connectivity index (χ2n) is 7.20. The Balaban J connectivity index is 1.88. The van der Waals surface area contributed by atoms with Crippen LogP contribution in [0.15, 0.2) is 18.2 Å². The van der Waals surface area contributed by atoms with Crippen LogP contribution >= 0.6 is 0 Å². The van der Waals surface area contributed by atoms with Crippen LogP contribution in [-0.4, -0.2) is 24.2 Å². The van der Waals surface area contributed by atoms with Crippen molar-refractivity contribution in [2.45, 2.75) is 65.0 Å². The average Bonchev–Trinajstić information content (AvgIpc) is 2.66. The van der Waals surface area contributed by atoms with Crippen molar-refractivity contribution in [3.63, 3.8) is 0 Å². The van der Waals surface area contributed by atoms with E-state index < -0.39 is 0 Å². The van der Waals surface area contributed by atoms with Crippen molar-refractivity contribution in [3.8, 4) is 0 Å². The van der Waals surface area contributed by atoms with Crippen molar-refractivity contribution in [1.29, 1.82) is 0 Å². The van der Waals surface area contributed by atoms with Crippen molar-refractivity contribution in [3.05, 3.63) is 34.9 Å². The quantitative estimate of drug-likeness (QED) is 0.379. The Hall–Kier alpha value is -1.37. The number of nitrogens with one attached hydrogen (secondary N) is 1. The maximum Gasteiger partial charge on any atom is 0.457 e. The molecule has 1 aromatic rings. The van der Waals surface area contributed by atoms with E-state index in [-0.39, 0.29) is 24.2 Å². The Bertz CT molecular complexity index is 571. The molecule has 0 aromatic heterocycles. The molecule has 3 N–H and O–H groups in total. The minimum absolute atomic E-state index is 0.150. The molecule has 1 saturated heterocycles. The summed E-state index contributed by atoms with van der Waals surface area (Å²) in [6.45, 7) is 10.2. The van der Waals surface area contributed by atoms with Crippen LogP contribution in [0.25, 0.3) is 0 Å². The summed E-state index contributed by atoms with van der Waals surface area (Å²) in [4.78, 5) is 11.6. The van der Waals surface area contributed by atoms with Crippen LogP contribution in [0, 0.1) is 6.92 Å². The molecule has 1 fully saturated rings. The van der Waals surface area contributed by atoms with Crippen LogP contribution in [0.1, 0.15) is 55.6 Å². The minimum atomic E-state index is -0.272. The summed E-state index contributed by atoms with van der Waals surface area (Å²) in [5.74, 6) is 4.92. The van der Waals surface area contributed by atoms with Crippen molar-refractivity contribution in [2.24, 2.45) is 5.84 Å². The van der Waals surface area contributed by atoms with Gasteiger partial charge >= 0.3 is 7.12 Å². The van der Waals surface area contributed by atoms with E-state index in [0.29, 0.717) is 5.56 Å². The normalized spacial score (nSPS) is 19.0. The van der Waals surface area contributed by atoms with E-state index in [1.54, 1.807) is 0 Å². The van der Waals surface area contributed by atoms with Gasteiger partial charge in [-0.2, -0.15) is 0 Å². The average molecular weight is 318 g/mol. The molecule has 1 heterocycles. The highest BCUT2D eigenvalue weighted by Gasteiger charge is 2.50. The third-order valence-electron chi connectivity index (χ3n) is 4.87. The zero-order valence-electron chi connectivity index (χ0n) is 14.7. The fourth-order valence-electron chi connectivity index (χ4n) is 2.77. The third-order valence-corrected chi connectivity index (χ3v) is 4.87. The molecular weight excluding hydrogens is 291 g/mol. The maximum absolute atomic E-state index is 11.6. The van der Waals surface area contributed by atoms with Crippen LogP contribution in [-0.2, 0) is 15.7 Å². The van der Waals surface area contributed by atoms with Crippen LogP contribution in [0.3, 0.4) is 0 Å². The lowest BCUT2D eigenvalue weighted by Crippen LogP contribution is -2.41. The molecule has 1 aliphatic rings. The van der Waals surface area contributed by atoms with Crippen molar-refractivity contribution < 1.29 is 14.1 Å². The molecule has 0 aliphatic carbocycles. The fourth-order valence-corrected chi connectivity index (χ4v) is 2.77. The zero-order valence-corrected chi connectivity index (χ0v) is 14.7. The molecule has 23 heavy (non-hydrogen) atoms. The van der Waals surface area contributed by atoms with Crippen molar-refractivity contribution in [1.82, 2.24) is 5.43 Å². The van der Waals surface area contributed by atoms with Crippen LogP contribution < -0.4 is 11.3 Å². The lowest BCUT2D eigenvalue weighted by Gasteiger charge is -2.32. The number of hydrazine groups is 1. The standard InChI is InChI=1S/C17H27BN2O3/c1-12-11-13(8-9-14(12)15(21)20-19)7-6-10-18-22-16(2,3)17(4,5)23-18/h8-9,11H,6-7,10,19H2,1-5H3,(H,20,21). The molecule has 6 heteroatoms. The largest absolute Gasteiger partial charge is 0.457 e. The van der Waals surface area contributed by atoms with E-state index in [9.17, 15) is 4.79 Å². The first-order chi connectivity index (χ1) is 10.7. The predicted octanol–water partition coefficient (Wildman–Crippen LogP) is 2.62. The first-order valence-corrected chi connectivity index (χ1v) is 8.12. The van der Waals surface area contributed by atoms with Gasteiger partial charge in [-0.3, -0.25) is 10.2 Å². The van der Waals surface area contributed by atoms with Gasteiger partial charge in [-0.15, -0.1) is 0 Å². The molecule has 1 aromatic carbocycles. The molecule has 0 spiro atoms. The first-order valence-electron chi connectivity index (χ1n) is 8.12. The van der Waals surface area contributed by atoms with E-state index in [4.69, 9.17) is 15.2 Å². The van der Waals surface area contributed by atoms with Gasteiger partial charge in [0.25, 0.3) is 5.91 Å². The van der Waals surface area contributed by atoms with Crippen LogP contribution in [0.4, 0.5) is 0 Å². The fraction of sp³-hybridized carbons (Fsp3) is 0.588. The van der Waals surface area contributed by atoms with Crippen molar-refractivity contribution in [2.75, 3.05) is 0 Å². The highest BCUT2D eigenvalue weighted by atomic mass is 16.7. The molecule has 0 atom stereocenters. The summed E-state index contributed by atoms with van der Waals surface area (Å²) in [7, 11) is -0.150. The molecule has 2 rings (SSSR count). The Morgan fingerprint density at radius 3 is 2.35 bits per heavy atom. The molecule has 5 nitrogen and oxygen atoms in total. The Morgan fingerprint density at radius 2 is 1.83 bits per heavy atom. The minimum Gasteiger partial charge on any atom is -0.403 e. The molecule has 0 radical (unpaired) electrons. The van der Waals surface area contributed by atoms with Crippen LogP contribution in [0.2, 0.25) is 6.32 Å². The highest BCUT2D eigenvalue weighted by Crippen LogP contribution is 2.38. The molecule has 1 amide bonds. The summed E-state index contributed by atoms with van der Waals surface area (Å²) in [6.07, 6.45) is 2.76. The smallest absolute Gasteiger partial charge is 0.403 e. The summed E-state index contributed by atoms with van der Waals surface area (Å²) in [5, 5.41) is 0. The molecule has 1 aliphatic heterocycles. The molecular formula is C17H27BN2O3. The molecule has 0 bridgehead atoms. The predicted molar refractivity (Wildman–Crippen MR) is 92.0 cm³/mol. The number of benzene rings is 1. The zero-order chi connectivity index (χ0) is 17.3. The number of hydrogen-bond donors (Lipinski definition) is 2. The maximum atomic E-state index is 11.6. The molecule has 0 saturated carbocycles. The number of hydrogen-bond acceptors (Lipinski definition) is 4. The van der Waals surface area contributed by atoms with Gasteiger partial charge in [0, 0.05) is 5.56 Å². The number of amides is 1. The van der Waals surface area contributed by atoms with Crippen LogP contribution in [0.5, 0.6) is 0 Å². The van der Waals surface area contributed by atoms with Gasteiger partial charge < -0.3 is 9.31 Å². The second-order valence-corrected chi connectivity index (χ2v) is 7.20. The Labute approximate surface area is 139 Å². The van der Waals surface area contributed by atoms with E-state index >= 15 is 0 Å². The number of nitrogen functional groups attached to an aromatic ring is 1. The summed E-state index contributed by atoms with van der Waals surface area (Å²) >= 11 is 0. The second kappa shape index (κ2) is 6.63. The van der Waals surface area contributed by atoms with E-state index in [0.717, 1.165) is 24.7 Å². The number of aryl methyl sites for hydroxylation is 2. The van der Waals surface area contributed by atoms with Gasteiger partial charge in [-0.05, 0) is 64.6 Å². The van der Waals surface area contributed by atoms with Gasteiger partial charge in [0.2, 0.25) is 0 Å². The number of rotatable bonds is 5. The summed E-state index contributed by atoms with van der Waals surface area (Å²) < 4.78 is 12.0. The lowest BCUT2D eigenvalue weighted by atomic mass is 9.81. The Morgan fingerprint density at radius 1 is 1.22 bits per heavy atom. The van der Waals surface area contributed by atoms with Gasteiger partial charge in [0.1, 0.15) is 0 Å². The summed E-state index contributed by atoms with van der Waals surface area (Å²) in [6, 6.07) is 5.83. The Kier molecular flexibility index (Phi) is 5.18. The monoisotopic (exact) mass is 318 g/mol. The van der Waals surface area contributed by atoms with E-state index in [1.165, 1.54) is 5.56 Å². The lowest BCUT2D eigenvalue weighted by molar-refractivity contribution is 0.00578. The van der Waals surface area contributed by atoms with E-state index in [2.05, 4.69) is 33.1 Å².